The van der Waals surface area contributed by atoms with Crippen LogP contribution in [0.3, 0.4) is 0 Å². The molecule has 0 aliphatic rings. The largest absolute Gasteiger partial charge is 0.507 e. The van der Waals surface area contributed by atoms with E-state index in [9.17, 15) is 10.2 Å². The highest BCUT2D eigenvalue weighted by Gasteiger charge is 2.42. The normalized spacial score (nSPS) is 12.7. The molecule has 0 saturated heterocycles. The predicted octanol–water partition coefficient (Wildman–Crippen LogP) is 10.3. The molecule has 0 saturated carbocycles. The summed E-state index contributed by atoms with van der Waals surface area (Å²) in [4.78, 5) is 0. The number of hydrogen-bond acceptors (Lipinski definition) is 3. The number of aryl methyl sites for hydroxylation is 2. The molecule has 234 valence electrons. The highest BCUT2D eigenvalue weighted by Crippen LogP contribution is 2.50. The number of phenols is 2. The van der Waals surface area contributed by atoms with Gasteiger partial charge in [0.25, 0.3) is 0 Å². The highest BCUT2D eigenvalue weighted by atomic mass is 32.1. The Morgan fingerprint density at radius 3 is 1.77 bits per heavy atom. The van der Waals surface area contributed by atoms with Crippen LogP contribution in [0, 0.1) is 24.7 Å². The van der Waals surface area contributed by atoms with E-state index in [2.05, 4.69) is 106 Å². The van der Waals surface area contributed by atoms with Crippen molar-refractivity contribution in [2.45, 2.75) is 113 Å². The first-order valence-electron chi connectivity index (χ1n) is 15.5. The Morgan fingerprint density at radius 1 is 0.674 bits per heavy atom. The number of nitrogens with one attached hydrogen (secondary N) is 2. The van der Waals surface area contributed by atoms with Crippen molar-refractivity contribution < 1.29 is 10.2 Å². The Bertz CT molecular complexity index is 1460. The van der Waals surface area contributed by atoms with E-state index in [1.807, 2.05) is 36.4 Å². The molecule has 3 rings (SSSR count). The van der Waals surface area contributed by atoms with Crippen molar-refractivity contribution in [2.24, 2.45) is 10.8 Å². The fourth-order valence-electron chi connectivity index (χ4n) is 5.64. The molecule has 0 aliphatic heterocycles. The third kappa shape index (κ3) is 8.12. The number of hydrogen-bond donors (Lipinski definition) is 4. The van der Waals surface area contributed by atoms with Crippen molar-refractivity contribution in [3.63, 3.8) is 0 Å². The SMILES string of the molecule is CCC(C)(C)c1cc(C)cc(CC(C)(C)C(C)(C)c2cc(NC(=S)Nc3ccc(C)cc3)cc(CC(C)(C)C)c2O)c1O. The van der Waals surface area contributed by atoms with Crippen LogP contribution in [0.2, 0.25) is 0 Å². The second kappa shape index (κ2) is 12.5. The first-order chi connectivity index (χ1) is 19.7. The third-order valence-corrected chi connectivity index (χ3v) is 9.62. The van der Waals surface area contributed by atoms with Gasteiger partial charge in [0.2, 0.25) is 0 Å². The van der Waals surface area contributed by atoms with Gasteiger partial charge in [-0.25, -0.2) is 0 Å². The highest BCUT2D eigenvalue weighted by molar-refractivity contribution is 7.80. The smallest absolute Gasteiger partial charge is 0.175 e. The monoisotopic (exact) mass is 602 g/mol. The lowest BCUT2D eigenvalue weighted by molar-refractivity contribution is 0.189. The van der Waals surface area contributed by atoms with Crippen molar-refractivity contribution in [2.75, 3.05) is 10.6 Å². The molecule has 5 heteroatoms. The van der Waals surface area contributed by atoms with Gasteiger partial charge in [-0.05, 0) is 102 Å². The molecule has 0 radical (unpaired) electrons. The van der Waals surface area contributed by atoms with E-state index in [0.717, 1.165) is 45.6 Å². The van der Waals surface area contributed by atoms with Gasteiger partial charge in [0.05, 0.1) is 0 Å². The first kappa shape index (κ1) is 34.4. The van der Waals surface area contributed by atoms with Gasteiger partial charge in [-0.15, -0.1) is 0 Å². The van der Waals surface area contributed by atoms with E-state index in [1.165, 1.54) is 5.56 Å². The van der Waals surface area contributed by atoms with E-state index < -0.39 is 5.41 Å². The average Bonchev–Trinajstić information content (AvgIpc) is 2.87. The number of phenolic OH excluding ortho intramolecular Hbond substituents is 2. The van der Waals surface area contributed by atoms with E-state index in [1.54, 1.807) is 0 Å². The number of rotatable bonds is 9. The van der Waals surface area contributed by atoms with Gasteiger partial charge in [-0.1, -0.05) is 105 Å². The summed E-state index contributed by atoms with van der Waals surface area (Å²) in [6.45, 7) is 26.1. The van der Waals surface area contributed by atoms with Crippen molar-refractivity contribution in [3.8, 4) is 11.5 Å². The molecule has 4 N–H and O–H groups in total. The minimum atomic E-state index is -0.468. The summed E-state index contributed by atoms with van der Waals surface area (Å²) in [5, 5.41) is 30.5. The lowest BCUT2D eigenvalue weighted by atomic mass is 9.61. The lowest BCUT2D eigenvalue weighted by Crippen LogP contribution is -2.39. The maximum atomic E-state index is 11.8. The summed E-state index contributed by atoms with van der Waals surface area (Å²) in [5.41, 5.74) is 6.83. The summed E-state index contributed by atoms with van der Waals surface area (Å²) in [5.74, 6) is 0.721. The van der Waals surface area contributed by atoms with Crippen LogP contribution >= 0.6 is 12.2 Å². The fraction of sp³-hybridized carbons (Fsp3) is 0.500. The molecule has 4 nitrogen and oxygen atoms in total. The molecule has 0 amide bonds. The van der Waals surface area contributed by atoms with Crippen molar-refractivity contribution >= 4 is 28.7 Å². The Kier molecular flexibility index (Phi) is 10.0. The van der Waals surface area contributed by atoms with Crippen LogP contribution in [0.5, 0.6) is 11.5 Å². The molecule has 43 heavy (non-hydrogen) atoms. The van der Waals surface area contributed by atoms with Gasteiger partial charge in [0.1, 0.15) is 11.5 Å². The predicted molar refractivity (Wildman–Crippen MR) is 189 cm³/mol. The maximum absolute atomic E-state index is 11.8. The van der Waals surface area contributed by atoms with Gasteiger partial charge >= 0.3 is 0 Å². The van der Waals surface area contributed by atoms with Crippen molar-refractivity contribution in [3.05, 3.63) is 81.9 Å². The number of thiocarbonyl (C=S) groups is 1. The van der Waals surface area contributed by atoms with E-state index in [4.69, 9.17) is 12.2 Å². The third-order valence-electron chi connectivity index (χ3n) is 9.42. The molecule has 3 aromatic carbocycles. The molecular weight excluding hydrogens is 548 g/mol. The molecule has 0 aromatic heterocycles. The summed E-state index contributed by atoms with van der Waals surface area (Å²) in [6, 6.07) is 16.4. The fourth-order valence-corrected chi connectivity index (χ4v) is 5.87. The Morgan fingerprint density at radius 2 is 1.21 bits per heavy atom. The van der Waals surface area contributed by atoms with Crippen molar-refractivity contribution in [1.29, 1.82) is 0 Å². The van der Waals surface area contributed by atoms with Crippen LogP contribution in [0.1, 0.15) is 109 Å². The van der Waals surface area contributed by atoms with Gasteiger partial charge in [-0.2, -0.15) is 0 Å². The minimum absolute atomic E-state index is 0.0243. The molecule has 0 aliphatic carbocycles. The molecule has 0 heterocycles. The molecule has 3 aromatic rings. The summed E-state index contributed by atoms with van der Waals surface area (Å²) in [7, 11) is 0. The van der Waals surface area contributed by atoms with Crippen LogP contribution in [-0.4, -0.2) is 15.3 Å². The Balaban J connectivity index is 2.06. The molecule has 0 bridgehead atoms. The Hall–Kier alpha value is -3.05. The summed E-state index contributed by atoms with van der Waals surface area (Å²) >= 11 is 5.70. The first-order valence-corrected chi connectivity index (χ1v) is 15.9. The standard InChI is InChI=1S/C38H54N2O2S/c1-13-36(7,8)30-19-25(3)18-26(32(30)41)23-37(9,10)38(11,12)31-21-29(20-27(33(31)42)22-35(4,5)6)40-34(43)39-28-16-14-24(2)15-17-28/h14-21,41-42H,13,22-23H2,1-12H3,(H2,39,40,43). The van der Waals surface area contributed by atoms with E-state index >= 15 is 0 Å². The molecule has 0 atom stereocenters. The van der Waals surface area contributed by atoms with E-state index in [0.29, 0.717) is 29.5 Å². The quantitative estimate of drug-likeness (QED) is 0.145. The van der Waals surface area contributed by atoms with Gasteiger partial charge in [-0.3, -0.25) is 0 Å². The lowest BCUT2D eigenvalue weighted by Gasteiger charge is -2.43. The zero-order chi connectivity index (χ0) is 32.5. The van der Waals surface area contributed by atoms with E-state index in [-0.39, 0.29) is 16.2 Å². The zero-order valence-electron chi connectivity index (χ0n) is 28.5. The second-order valence-corrected chi connectivity index (χ2v) is 15.9. The molecule has 0 spiro atoms. The van der Waals surface area contributed by atoms with Gasteiger partial charge < -0.3 is 20.8 Å². The number of benzene rings is 3. The molecule has 0 unspecified atom stereocenters. The van der Waals surface area contributed by atoms with Crippen LogP contribution in [0.15, 0.2) is 48.5 Å². The average molecular weight is 603 g/mol. The topological polar surface area (TPSA) is 64.5 Å². The van der Waals surface area contributed by atoms with Gasteiger partial charge in [0, 0.05) is 22.5 Å². The minimum Gasteiger partial charge on any atom is -0.507 e. The van der Waals surface area contributed by atoms with Crippen LogP contribution in [0.25, 0.3) is 0 Å². The summed E-state index contributed by atoms with van der Waals surface area (Å²) in [6.07, 6.45) is 2.30. The van der Waals surface area contributed by atoms with Crippen LogP contribution in [-0.2, 0) is 23.7 Å². The maximum Gasteiger partial charge on any atom is 0.175 e. The van der Waals surface area contributed by atoms with Crippen LogP contribution in [0.4, 0.5) is 11.4 Å². The van der Waals surface area contributed by atoms with Crippen LogP contribution < -0.4 is 10.6 Å². The number of aromatic hydroxyl groups is 2. The van der Waals surface area contributed by atoms with Gasteiger partial charge in [0.15, 0.2) is 5.11 Å². The zero-order valence-corrected chi connectivity index (χ0v) is 29.4. The van der Waals surface area contributed by atoms with Crippen molar-refractivity contribution in [1.82, 2.24) is 0 Å². The number of anilines is 2. The summed E-state index contributed by atoms with van der Waals surface area (Å²) < 4.78 is 0. The Labute approximate surface area is 266 Å². The molecule has 0 fully saturated rings. The molecular formula is C38H54N2O2S. The second-order valence-electron chi connectivity index (χ2n) is 15.5.